The number of Topliss-reactive ketones (excluding diaryl/α,β-unsaturated/α-hetero) is 1. The lowest BCUT2D eigenvalue weighted by molar-refractivity contribution is -0.132. The first-order valence-electron chi connectivity index (χ1n) is 6.26. The number of hydrogen-bond donors (Lipinski definition) is 1. The lowest BCUT2D eigenvalue weighted by Gasteiger charge is -2.29. The zero-order valence-electron chi connectivity index (χ0n) is 12.1. The molecule has 0 heterocycles. The fraction of sp³-hybridized carbons (Fsp3) is 0.857. The van der Waals surface area contributed by atoms with Crippen molar-refractivity contribution in [1.29, 1.82) is 0 Å². The fourth-order valence-electron chi connectivity index (χ4n) is 1.99. The van der Waals surface area contributed by atoms with Crippen molar-refractivity contribution in [3.63, 3.8) is 0 Å². The molecule has 3 nitrogen and oxygen atoms in total. The fourth-order valence-corrected chi connectivity index (χ4v) is 1.99. The van der Waals surface area contributed by atoms with Crippen LogP contribution in [0.3, 0.4) is 0 Å². The lowest BCUT2D eigenvalue weighted by atomic mass is 9.74. The number of nitrogens with two attached hydrogens (primary N) is 1. The summed E-state index contributed by atoms with van der Waals surface area (Å²) in [5.41, 5.74) is 4.90. The van der Waals surface area contributed by atoms with Gasteiger partial charge in [0, 0.05) is 17.8 Å². The van der Waals surface area contributed by atoms with Crippen LogP contribution >= 0.6 is 0 Å². The first-order chi connectivity index (χ1) is 7.43. The summed E-state index contributed by atoms with van der Waals surface area (Å²) in [6, 6.07) is 0. The number of primary amides is 1. The van der Waals surface area contributed by atoms with Gasteiger partial charge in [-0.25, -0.2) is 0 Å². The molecular weight excluding hydrogens is 214 g/mol. The van der Waals surface area contributed by atoms with Crippen LogP contribution < -0.4 is 5.73 Å². The van der Waals surface area contributed by atoms with Crippen LogP contribution in [0.15, 0.2) is 0 Å². The van der Waals surface area contributed by atoms with Crippen molar-refractivity contribution in [3.05, 3.63) is 0 Å². The van der Waals surface area contributed by atoms with Gasteiger partial charge >= 0.3 is 0 Å². The van der Waals surface area contributed by atoms with E-state index in [0.717, 1.165) is 6.42 Å². The number of hydrogen-bond acceptors (Lipinski definition) is 2. The quantitative estimate of drug-likeness (QED) is 0.804. The summed E-state index contributed by atoms with van der Waals surface area (Å²) in [7, 11) is 0. The summed E-state index contributed by atoms with van der Waals surface area (Å²) in [4.78, 5) is 23.2. The first kappa shape index (κ1) is 16.1. The molecule has 0 aliphatic rings. The molecule has 0 aromatic rings. The Morgan fingerprint density at radius 1 is 1.06 bits per heavy atom. The largest absolute Gasteiger partial charge is 0.370 e. The molecule has 0 fully saturated rings. The van der Waals surface area contributed by atoms with Gasteiger partial charge in [0.2, 0.25) is 5.91 Å². The van der Waals surface area contributed by atoms with Crippen LogP contribution in [0.25, 0.3) is 0 Å². The summed E-state index contributed by atoms with van der Waals surface area (Å²) in [5.74, 6) is -0.165. The molecule has 2 N–H and O–H groups in total. The predicted octanol–water partition coefficient (Wildman–Crippen LogP) is 2.92. The van der Waals surface area contributed by atoms with Crippen molar-refractivity contribution in [2.75, 3.05) is 0 Å². The predicted molar refractivity (Wildman–Crippen MR) is 70.5 cm³/mol. The molecule has 0 rings (SSSR count). The molecule has 0 spiro atoms. The zero-order chi connectivity index (χ0) is 13.9. The van der Waals surface area contributed by atoms with Crippen LogP contribution in [-0.4, -0.2) is 11.7 Å². The molecule has 0 aliphatic heterocycles. The van der Waals surface area contributed by atoms with Crippen molar-refractivity contribution in [2.45, 2.75) is 60.8 Å². The zero-order valence-corrected chi connectivity index (χ0v) is 12.1. The average Bonchev–Trinajstić information content (AvgIpc) is 2.07. The highest BCUT2D eigenvalue weighted by molar-refractivity contribution is 5.86. The van der Waals surface area contributed by atoms with E-state index in [1.54, 1.807) is 0 Å². The average molecular weight is 241 g/mol. The lowest BCUT2D eigenvalue weighted by Crippen LogP contribution is -2.32. The Labute approximate surface area is 105 Å². The Kier molecular flexibility index (Phi) is 5.37. The monoisotopic (exact) mass is 241 g/mol. The van der Waals surface area contributed by atoms with E-state index in [4.69, 9.17) is 5.73 Å². The summed E-state index contributed by atoms with van der Waals surface area (Å²) in [6.45, 7) is 12.1. The minimum Gasteiger partial charge on any atom is -0.370 e. The molecule has 0 saturated heterocycles. The molecule has 0 unspecified atom stereocenters. The van der Waals surface area contributed by atoms with Crippen LogP contribution in [0.2, 0.25) is 0 Å². The van der Waals surface area contributed by atoms with Crippen molar-refractivity contribution in [2.24, 2.45) is 22.5 Å². The van der Waals surface area contributed by atoms with E-state index in [-0.39, 0.29) is 28.4 Å². The van der Waals surface area contributed by atoms with Crippen LogP contribution in [0.5, 0.6) is 0 Å². The van der Waals surface area contributed by atoms with E-state index in [9.17, 15) is 9.59 Å². The number of rotatable bonds is 5. The summed E-state index contributed by atoms with van der Waals surface area (Å²) in [5, 5.41) is 0. The highest BCUT2D eigenvalue weighted by Crippen LogP contribution is 2.32. The Hall–Kier alpha value is -0.860. The highest BCUT2D eigenvalue weighted by Gasteiger charge is 2.32. The molecule has 17 heavy (non-hydrogen) atoms. The Bertz CT molecular complexity index is 282. The maximum atomic E-state index is 12.3. The van der Waals surface area contributed by atoms with Crippen molar-refractivity contribution >= 4 is 11.7 Å². The minimum absolute atomic E-state index is 0.0671. The molecule has 1 atom stereocenters. The van der Waals surface area contributed by atoms with Gasteiger partial charge in [0.05, 0.1) is 0 Å². The SMILES string of the molecule is CC(C)(C)C[C@@H](CCC(N)=O)C(=O)C(C)(C)C. The van der Waals surface area contributed by atoms with Gasteiger partial charge in [-0.1, -0.05) is 41.5 Å². The van der Waals surface area contributed by atoms with Gasteiger partial charge < -0.3 is 5.73 Å². The standard InChI is InChI=1S/C14H27NO2/c1-13(2,3)9-10(7-8-11(15)16)12(17)14(4,5)6/h10H,7-9H2,1-6H3,(H2,15,16)/t10-/m1/s1. The minimum atomic E-state index is -0.354. The van der Waals surface area contributed by atoms with Gasteiger partial charge in [-0.3, -0.25) is 9.59 Å². The third-order valence-corrected chi connectivity index (χ3v) is 2.71. The van der Waals surface area contributed by atoms with Crippen molar-refractivity contribution in [1.82, 2.24) is 0 Å². The van der Waals surface area contributed by atoms with E-state index in [1.165, 1.54) is 0 Å². The van der Waals surface area contributed by atoms with Gasteiger partial charge in [-0.15, -0.1) is 0 Å². The van der Waals surface area contributed by atoms with Crippen LogP contribution in [-0.2, 0) is 9.59 Å². The normalized spacial score (nSPS) is 14.5. The molecular formula is C14H27NO2. The second kappa shape index (κ2) is 5.65. The molecule has 1 amide bonds. The molecule has 0 radical (unpaired) electrons. The maximum absolute atomic E-state index is 12.3. The van der Waals surface area contributed by atoms with Gasteiger partial charge in [-0.2, -0.15) is 0 Å². The Balaban J connectivity index is 4.73. The Morgan fingerprint density at radius 2 is 1.53 bits per heavy atom. The van der Waals surface area contributed by atoms with Crippen LogP contribution in [0.4, 0.5) is 0 Å². The smallest absolute Gasteiger partial charge is 0.217 e. The molecule has 0 aromatic carbocycles. The highest BCUT2D eigenvalue weighted by atomic mass is 16.1. The molecule has 3 heteroatoms. The molecule has 0 saturated carbocycles. The molecule has 0 aliphatic carbocycles. The summed E-state index contributed by atoms with van der Waals surface area (Å²) >= 11 is 0. The number of carbonyl (C=O) groups excluding carboxylic acids is 2. The topological polar surface area (TPSA) is 60.2 Å². The second-order valence-corrected chi connectivity index (χ2v) is 7.08. The molecule has 0 bridgehead atoms. The molecule has 100 valence electrons. The number of amides is 1. The Morgan fingerprint density at radius 3 is 1.82 bits per heavy atom. The molecule has 0 aromatic heterocycles. The van der Waals surface area contributed by atoms with Gasteiger partial charge in [0.25, 0.3) is 0 Å². The summed E-state index contributed by atoms with van der Waals surface area (Å²) < 4.78 is 0. The van der Waals surface area contributed by atoms with E-state index < -0.39 is 0 Å². The van der Waals surface area contributed by atoms with Crippen LogP contribution in [0, 0.1) is 16.7 Å². The maximum Gasteiger partial charge on any atom is 0.217 e. The van der Waals surface area contributed by atoms with E-state index in [1.807, 2.05) is 20.8 Å². The van der Waals surface area contributed by atoms with E-state index in [0.29, 0.717) is 12.8 Å². The third kappa shape index (κ3) is 7.14. The van der Waals surface area contributed by atoms with Gasteiger partial charge in [-0.05, 0) is 18.3 Å². The van der Waals surface area contributed by atoms with Gasteiger partial charge in [0.1, 0.15) is 5.78 Å². The van der Waals surface area contributed by atoms with Crippen molar-refractivity contribution in [3.8, 4) is 0 Å². The number of ketones is 1. The van der Waals surface area contributed by atoms with Crippen LogP contribution in [0.1, 0.15) is 60.8 Å². The van der Waals surface area contributed by atoms with Gasteiger partial charge in [0.15, 0.2) is 0 Å². The van der Waals surface area contributed by atoms with E-state index in [2.05, 4.69) is 20.8 Å². The summed E-state index contributed by atoms with van der Waals surface area (Å²) in [6.07, 6.45) is 1.67. The number of carbonyl (C=O) groups is 2. The first-order valence-corrected chi connectivity index (χ1v) is 6.26. The second-order valence-electron chi connectivity index (χ2n) is 7.08. The van der Waals surface area contributed by atoms with Crippen molar-refractivity contribution < 1.29 is 9.59 Å². The third-order valence-electron chi connectivity index (χ3n) is 2.71. The van der Waals surface area contributed by atoms with E-state index >= 15 is 0 Å².